The maximum Gasteiger partial charge on any atom is 0.221 e. The molecule has 0 bridgehead atoms. The molecular formula is C20H20ClN3O. The minimum atomic E-state index is 0.0433. The van der Waals surface area contributed by atoms with Gasteiger partial charge in [-0.3, -0.25) is 0 Å². The fraction of sp³-hybridized carbons (Fsp3) is 0.250. The Labute approximate surface area is 152 Å². The minimum Gasteiger partial charge on any atom is -0.475 e. The Morgan fingerprint density at radius 1 is 1.00 bits per heavy atom. The molecule has 0 aliphatic rings. The van der Waals surface area contributed by atoms with Crippen LogP contribution in [0, 0.1) is 6.92 Å². The van der Waals surface area contributed by atoms with Crippen molar-refractivity contribution in [3.05, 3.63) is 70.9 Å². The van der Waals surface area contributed by atoms with E-state index < -0.39 is 0 Å². The van der Waals surface area contributed by atoms with Gasteiger partial charge in [0, 0.05) is 35.6 Å². The zero-order valence-electron chi connectivity index (χ0n) is 14.5. The quantitative estimate of drug-likeness (QED) is 0.656. The van der Waals surface area contributed by atoms with Crippen molar-refractivity contribution in [1.82, 2.24) is 15.0 Å². The molecule has 0 saturated carbocycles. The van der Waals surface area contributed by atoms with Crippen LogP contribution in [0.25, 0.3) is 11.1 Å². The molecule has 0 amide bonds. The molecule has 3 aromatic rings. The summed E-state index contributed by atoms with van der Waals surface area (Å²) in [7, 11) is 0. The number of ether oxygens (including phenoxy) is 1. The SMILES string of the molecule is Cc1ncc(Cc2cnc(OC(C)C)c(-c3cccc(Cl)c3)c2)cn1. The topological polar surface area (TPSA) is 47.9 Å². The second kappa shape index (κ2) is 7.62. The van der Waals surface area contributed by atoms with E-state index in [-0.39, 0.29) is 6.10 Å². The van der Waals surface area contributed by atoms with Gasteiger partial charge >= 0.3 is 0 Å². The van der Waals surface area contributed by atoms with E-state index in [0.29, 0.717) is 17.3 Å². The van der Waals surface area contributed by atoms with Gasteiger partial charge in [0.25, 0.3) is 0 Å². The lowest BCUT2D eigenvalue weighted by Crippen LogP contribution is -2.08. The third-order valence-corrected chi connectivity index (χ3v) is 3.87. The lowest BCUT2D eigenvalue weighted by Gasteiger charge is -2.15. The number of hydrogen-bond acceptors (Lipinski definition) is 4. The van der Waals surface area contributed by atoms with Crippen LogP contribution >= 0.6 is 11.6 Å². The van der Waals surface area contributed by atoms with Crippen LogP contribution in [0.15, 0.2) is 48.9 Å². The Bertz CT molecular complexity index is 863. The Hall–Kier alpha value is -2.46. The zero-order chi connectivity index (χ0) is 17.8. The first kappa shape index (κ1) is 17.4. The molecule has 0 aliphatic carbocycles. The Kier molecular flexibility index (Phi) is 5.29. The third-order valence-electron chi connectivity index (χ3n) is 3.63. The molecule has 0 N–H and O–H groups in total. The largest absolute Gasteiger partial charge is 0.475 e. The van der Waals surface area contributed by atoms with Crippen LogP contribution in [-0.2, 0) is 6.42 Å². The fourth-order valence-electron chi connectivity index (χ4n) is 2.52. The summed E-state index contributed by atoms with van der Waals surface area (Å²) in [6.07, 6.45) is 6.29. The van der Waals surface area contributed by atoms with E-state index >= 15 is 0 Å². The molecule has 0 atom stereocenters. The summed E-state index contributed by atoms with van der Waals surface area (Å²) in [5, 5.41) is 0.685. The Morgan fingerprint density at radius 3 is 2.40 bits per heavy atom. The summed E-state index contributed by atoms with van der Waals surface area (Å²) in [6, 6.07) is 9.81. The van der Waals surface area contributed by atoms with E-state index in [9.17, 15) is 0 Å². The third kappa shape index (κ3) is 4.54. The van der Waals surface area contributed by atoms with Crippen LogP contribution in [-0.4, -0.2) is 21.1 Å². The Balaban J connectivity index is 1.98. The fourth-order valence-corrected chi connectivity index (χ4v) is 2.71. The molecule has 0 fully saturated rings. The number of hydrogen-bond donors (Lipinski definition) is 0. The standard InChI is InChI=1S/C20H20ClN3O/c1-13(2)25-20-19(17-5-4-6-18(21)9-17)8-15(10-24-20)7-16-11-22-14(3)23-12-16/h4-6,8-13H,7H2,1-3H3. The summed E-state index contributed by atoms with van der Waals surface area (Å²) >= 11 is 6.16. The molecule has 0 spiro atoms. The predicted molar refractivity (Wildman–Crippen MR) is 100 cm³/mol. The summed E-state index contributed by atoms with van der Waals surface area (Å²) < 4.78 is 5.88. The van der Waals surface area contributed by atoms with Gasteiger partial charge in [-0.2, -0.15) is 0 Å². The maximum absolute atomic E-state index is 6.16. The minimum absolute atomic E-state index is 0.0433. The molecule has 0 saturated heterocycles. The highest BCUT2D eigenvalue weighted by Gasteiger charge is 2.12. The van der Waals surface area contributed by atoms with Crippen LogP contribution in [0.4, 0.5) is 0 Å². The molecule has 2 aromatic heterocycles. The molecule has 128 valence electrons. The van der Waals surface area contributed by atoms with Gasteiger partial charge in [-0.25, -0.2) is 15.0 Å². The molecule has 0 aliphatic heterocycles. The van der Waals surface area contributed by atoms with E-state index in [0.717, 1.165) is 28.1 Å². The van der Waals surface area contributed by atoms with E-state index in [4.69, 9.17) is 16.3 Å². The molecule has 4 nitrogen and oxygen atoms in total. The second-order valence-corrected chi connectivity index (χ2v) is 6.62. The van der Waals surface area contributed by atoms with E-state index in [1.165, 1.54) is 0 Å². The highest BCUT2D eigenvalue weighted by atomic mass is 35.5. The number of nitrogens with zero attached hydrogens (tertiary/aromatic N) is 3. The van der Waals surface area contributed by atoms with Gasteiger partial charge in [0.2, 0.25) is 5.88 Å². The van der Waals surface area contributed by atoms with Gasteiger partial charge in [-0.15, -0.1) is 0 Å². The molecule has 0 unspecified atom stereocenters. The molecule has 25 heavy (non-hydrogen) atoms. The lowest BCUT2D eigenvalue weighted by molar-refractivity contribution is 0.233. The summed E-state index contributed by atoms with van der Waals surface area (Å²) in [5.41, 5.74) is 4.03. The van der Waals surface area contributed by atoms with Crippen molar-refractivity contribution in [2.75, 3.05) is 0 Å². The highest BCUT2D eigenvalue weighted by Crippen LogP contribution is 2.31. The van der Waals surface area contributed by atoms with Gasteiger partial charge in [0.1, 0.15) is 5.82 Å². The number of halogens is 1. The molecule has 0 radical (unpaired) electrons. The summed E-state index contributed by atoms with van der Waals surface area (Å²) in [5.74, 6) is 1.38. The first-order valence-corrected chi connectivity index (χ1v) is 8.58. The van der Waals surface area contributed by atoms with Crippen LogP contribution in [0.3, 0.4) is 0 Å². The van der Waals surface area contributed by atoms with Crippen LogP contribution in [0.1, 0.15) is 30.8 Å². The number of pyridine rings is 1. The van der Waals surface area contributed by atoms with Gasteiger partial charge < -0.3 is 4.74 Å². The summed E-state index contributed by atoms with van der Waals surface area (Å²) in [6.45, 7) is 5.85. The van der Waals surface area contributed by atoms with Crippen LogP contribution in [0.2, 0.25) is 5.02 Å². The molecule has 5 heteroatoms. The predicted octanol–water partition coefficient (Wildman–Crippen LogP) is 4.88. The maximum atomic E-state index is 6.16. The van der Waals surface area contributed by atoms with Crippen molar-refractivity contribution in [1.29, 1.82) is 0 Å². The van der Waals surface area contributed by atoms with E-state index in [1.54, 1.807) is 0 Å². The molecular weight excluding hydrogens is 334 g/mol. The van der Waals surface area contributed by atoms with Gasteiger partial charge in [0.15, 0.2) is 0 Å². The van der Waals surface area contributed by atoms with Crippen molar-refractivity contribution in [2.45, 2.75) is 33.3 Å². The average Bonchev–Trinajstić information content (AvgIpc) is 2.58. The van der Waals surface area contributed by atoms with Crippen LogP contribution < -0.4 is 4.74 Å². The first-order chi connectivity index (χ1) is 12.0. The molecule has 1 aromatic carbocycles. The van der Waals surface area contributed by atoms with E-state index in [1.807, 2.05) is 63.6 Å². The smallest absolute Gasteiger partial charge is 0.221 e. The van der Waals surface area contributed by atoms with Crippen molar-refractivity contribution in [3.8, 4) is 17.0 Å². The van der Waals surface area contributed by atoms with Gasteiger partial charge in [-0.05, 0) is 55.7 Å². The number of aromatic nitrogens is 3. The highest BCUT2D eigenvalue weighted by molar-refractivity contribution is 6.30. The van der Waals surface area contributed by atoms with Crippen molar-refractivity contribution in [3.63, 3.8) is 0 Å². The number of benzene rings is 1. The monoisotopic (exact) mass is 353 g/mol. The van der Waals surface area contributed by atoms with Gasteiger partial charge in [-0.1, -0.05) is 23.7 Å². The normalized spacial score (nSPS) is 10.9. The van der Waals surface area contributed by atoms with Crippen molar-refractivity contribution in [2.24, 2.45) is 0 Å². The molecule has 2 heterocycles. The number of aryl methyl sites for hydroxylation is 1. The van der Waals surface area contributed by atoms with Crippen molar-refractivity contribution >= 4 is 11.6 Å². The van der Waals surface area contributed by atoms with Crippen molar-refractivity contribution < 1.29 is 4.74 Å². The Morgan fingerprint density at radius 2 is 1.72 bits per heavy atom. The van der Waals surface area contributed by atoms with E-state index in [2.05, 4.69) is 21.0 Å². The van der Waals surface area contributed by atoms with Gasteiger partial charge in [0.05, 0.1) is 6.10 Å². The zero-order valence-corrected chi connectivity index (χ0v) is 15.3. The molecule has 3 rings (SSSR count). The lowest BCUT2D eigenvalue weighted by atomic mass is 10.0. The number of rotatable bonds is 5. The summed E-state index contributed by atoms with van der Waals surface area (Å²) in [4.78, 5) is 13.0. The second-order valence-electron chi connectivity index (χ2n) is 6.19. The average molecular weight is 354 g/mol. The first-order valence-electron chi connectivity index (χ1n) is 8.20. The van der Waals surface area contributed by atoms with Crippen LogP contribution in [0.5, 0.6) is 5.88 Å².